The Hall–Kier alpha value is -1.23. The number of nitrogens with zero attached hydrogens (tertiary/aromatic N) is 1. The van der Waals surface area contributed by atoms with Crippen LogP contribution in [0.2, 0.25) is 0 Å². The highest BCUT2D eigenvalue weighted by Crippen LogP contribution is 2.33. The van der Waals surface area contributed by atoms with Gasteiger partial charge in [-0.15, -0.1) is 0 Å². The number of carbonyl (C=O) groups excluding carboxylic acids is 1. The van der Waals surface area contributed by atoms with Crippen LogP contribution in [0.5, 0.6) is 11.5 Å². The molecule has 1 saturated heterocycles. The van der Waals surface area contributed by atoms with E-state index in [-0.39, 0.29) is 12.7 Å². The van der Waals surface area contributed by atoms with E-state index in [4.69, 9.17) is 9.47 Å². The van der Waals surface area contributed by atoms with Crippen LogP contribution in [-0.4, -0.2) is 36.0 Å². The predicted octanol–water partition coefficient (Wildman–Crippen LogP) is 2.66. The van der Waals surface area contributed by atoms with Crippen molar-refractivity contribution in [1.29, 1.82) is 0 Å². The molecular weight excluding hydrogens is 310 g/mol. The number of piperidine rings is 1. The molecule has 0 N–H and O–H groups in total. The van der Waals surface area contributed by atoms with Gasteiger partial charge in [-0.1, -0.05) is 15.9 Å². The highest BCUT2D eigenvalue weighted by molar-refractivity contribution is 9.09. The van der Waals surface area contributed by atoms with E-state index in [0.29, 0.717) is 17.2 Å². The van der Waals surface area contributed by atoms with Gasteiger partial charge in [0.15, 0.2) is 11.5 Å². The van der Waals surface area contributed by atoms with E-state index in [9.17, 15) is 4.79 Å². The Morgan fingerprint density at radius 3 is 2.74 bits per heavy atom. The third-order valence-corrected chi connectivity index (χ3v) is 4.66. The van der Waals surface area contributed by atoms with Gasteiger partial charge < -0.3 is 14.4 Å². The second-order valence-corrected chi connectivity index (χ2v) is 5.61. The van der Waals surface area contributed by atoms with Crippen LogP contribution in [0.1, 0.15) is 23.2 Å². The minimum atomic E-state index is 0.0892. The van der Waals surface area contributed by atoms with Crippen LogP contribution < -0.4 is 9.47 Å². The van der Waals surface area contributed by atoms with Gasteiger partial charge in [-0.05, 0) is 37.0 Å². The minimum Gasteiger partial charge on any atom is -0.454 e. The van der Waals surface area contributed by atoms with Crippen molar-refractivity contribution >= 4 is 21.8 Å². The van der Waals surface area contributed by atoms with E-state index in [1.165, 1.54) is 0 Å². The van der Waals surface area contributed by atoms with E-state index >= 15 is 0 Å². The Balaban J connectivity index is 1.70. The molecule has 4 nitrogen and oxygen atoms in total. The molecule has 2 aliphatic rings. The lowest BCUT2D eigenvalue weighted by Gasteiger charge is -2.31. The lowest BCUT2D eigenvalue weighted by Crippen LogP contribution is -2.38. The van der Waals surface area contributed by atoms with Crippen molar-refractivity contribution in [3.05, 3.63) is 23.8 Å². The van der Waals surface area contributed by atoms with Gasteiger partial charge in [0.25, 0.3) is 5.91 Å². The Kier molecular flexibility index (Phi) is 3.64. The maximum absolute atomic E-state index is 12.4. The fourth-order valence-corrected chi connectivity index (χ4v) is 3.15. The van der Waals surface area contributed by atoms with Crippen molar-refractivity contribution < 1.29 is 14.3 Å². The second-order valence-electron chi connectivity index (χ2n) is 4.96. The van der Waals surface area contributed by atoms with Crippen molar-refractivity contribution in [2.24, 2.45) is 5.92 Å². The van der Waals surface area contributed by atoms with Gasteiger partial charge in [-0.3, -0.25) is 4.79 Å². The van der Waals surface area contributed by atoms with Gasteiger partial charge in [0.1, 0.15) is 0 Å². The summed E-state index contributed by atoms with van der Waals surface area (Å²) in [7, 11) is 0. The van der Waals surface area contributed by atoms with Crippen molar-refractivity contribution in [2.75, 3.05) is 25.2 Å². The summed E-state index contributed by atoms with van der Waals surface area (Å²) in [5.74, 6) is 2.17. The standard InChI is InChI=1S/C14H16BrNO3/c15-8-10-3-5-16(6-4-10)14(17)11-1-2-12-13(7-11)19-9-18-12/h1-2,7,10H,3-6,8-9H2. The lowest BCUT2D eigenvalue weighted by atomic mass is 9.98. The molecule has 1 aromatic carbocycles. The third-order valence-electron chi connectivity index (χ3n) is 3.74. The first-order valence-corrected chi connectivity index (χ1v) is 7.65. The summed E-state index contributed by atoms with van der Waals surface area (Å²) in [6.07, 6.45) is 2.14. The number of ether oxygens (including phenoxy) is 2. The largest absolute Gasteiger partial charge is 0.454 e. The number of fused-ring (bicyclic) bond motifs is 1. The fourth-order valence-electron chi connectivity index (χ4n) is 2.50. The first-order valence-electron chi connectivity index (χ1n) is 6.53. The second kappa shape index (κ2) is 5.41. The molecule has 5 heteroatoms. The molecule has 19 heavy (non-hydrogen) atoms. The average molecular weight is 326 g/mol. The summed E-state index contributed by atoms with van der Waals surface area (Å²) in [6, 6.07) is 5.40. The molecule has 0 unspecified atom stereocenters. The van der Waals surface area contributed by atoms with Crippen molar-refractivity contribution in [3.63, 3.8) is 0 Å². The monoisotopic (exact) mass is 325 g/mol. The highest BCUT2D eigenvalue weighted by atomic mass is 79.9. The topological polar surface area (TPSA) is 38.8 Å². The summed E-state index contributed by atoms with van der Waals surface area (Å²) in [6.45, 7) is 1.91. The molecule has 0 atom stereocenters. The van der Waals surface area contributed by atoms with Crippen LogP contribution in [0.3, 0.4) is 0 Å². The number of hydrogen-bond donors (Lipinski definition) is 0. The van der Waals surface area contributed by atoms with E-state index in [2.05, 4.69) is 15.9 Å². The molecule has 0 saturated carbocycles. The number of benzene rings is 1. The number of amides is 1. The van der Waals surface area contributed by atoms with Gasteiger partial charge in [-0.2, -0.15) is 0 Å². The predicted molar refractivity (Wildman–Crippen MR) is 75.0 cm³/mol. The van der Waals surface area contributed by atoms with Crippen LogP contribution >= 0.6 is 15.9 Å². The lowest BCUT2D eigenvalue weighted by molar-refractivity contribution is 0.0698. The molecule has 0 spiro atoms. The smallest absolute Gasteiger partial charge is 0.253 e. The molecule has 0 aliphatic carbocycles. The first-order chi connectivity index (χ1) is 9.28. The van der Waals surface area contributed by atoms with Gasteiger partial charge in [-0.25, -0.2) is 0 Å². The summed E-state index contributed by atoms with van der Waals surface area (Å²) >= 11 is 3.51. The van der Waals surface area contributed by atoms with E-state index in [1.807, 2.05) is 11.0 Å². The van der Waals surface area contributed by atoms with E-state index in [0.717, 1.165) is 37.0 Å². The molecule has 0 aromatic heterocycles. The molecule has 1 aromatic rings. The molecule has 0 bridgehead atoms. The normalized spacial score (nSPS) is 18.7. The number of likely N-dealkylation sites (tertiary alicyclic amines) is 1. The van der Waals surface area contributed by atoms with E-state index in [1.54, 1.807) is 12.1 Å². The number of carbonyl (C=O) groups is 1. The molecule has 102 valence electrons. The Labute approximate surface area is 120 Å². The molecule has 2 heterocycles. The van der Waals surface area contributed by atoms with Crippen molar-refractivity contribution in [2.45, 2.75) is 12.8 Å². The summed E-state index contributed by atoms with van der Waals surface area (Å²) in [4.78, 5) is 14.3. The highest BCUT2D eigenvalue weighted by Gasteiger charge is 2.24. The van der Waals surface area contributed by atoms with Crippen LogP contribution in [-0.2, 0) is 0 Å². The maximum atomic E-state index is 12.4. The van der Waals surface area contributed by atoms with Gasteiger partial charge in [0.2, 0.25) is 6.79 Å². The number of rotatable bonds is 2. The molecule has 1 amide bonds. The molecule has 2 aliphatic heterocycles. The van der Waals surface area contributed by atoms with Crippen LogP contribution in [0, 0.1) is 5.92 Å². The Bertz CT molecular complexity index is 484. The first kappa shape index (κ1) is 12.8. The van der Waals surface area contributed by atoms with Crippen LogP contribution in [0.15, 0.2) is 18.2 Å². The Morgan fingerprint density at radius 2 is 2.00 bits per heavy atom. The van der Waals surface area contributed by atoms with Crippen LogP contribution in [0.25, 0.3) is 0 Å². The molecule has 3 rings (SSSR count). The third kappa shape index (κ3) is 2.56. The summed E-state index contributed by atoms with van der Waals surface area (Å²) < 4.78 is 10.6. The molecule has 1 fully saturated rings. The Morgan fingerprint density at radius 1 is 1.26 bits per heavy atom. The zero-order valence-electron chi connectivity index (χ0n) is 10.6. The van der Waals surface area contributed by atoms with Crippen LogP contribution in [0.4, 0.5) is 0 Å². The SMILES string of the molecule is O=C(c1ccc2c(c1)OCO2)N1CCC(CBr)CC1. The zero-order chi connectivity index (χ0) is 13.2. The average Bonchev–Trinajstić information content (AvgIpc) is 2.94. The van der Waals surface area contributed by atoms with E-state index < -0.39 is 0 Å². The maximum Gasteiger partial charge on any atom is 0.253 e. The molecule has 0 radical (unpaired) electrons. The zero-order valence-corrected chi connectivity index (χ0v) is 12.2. The summed E-state index contributed by atoms with van der Waals surface area (Å²) in [5.41, 5.74) is 0.682. The van der Waals surface area contributed by atoms with Crippen molar-refractivity contribution in [1.82, 2.24) is 4.90 Å². The fraction of sp³-hybridized carbons (Fsp3) is 0.500. The number of alkyl halides is 1. The number of hydrogen-bond acceptors (Lipinski definition) is 3. The quantitative estimate of drug-likeness (QED) is 0.785. The van der Waals surface area contributed by atoms with Crippen molar-refractivity contribution in [3.8, 4) is 11.5 Å². The molecular formula is C14H16BrNO3. The number of halogens is 1. The van der Waals surface area contributed by atoms with Gasteiger partial charge in [0, 0.05) is 24.0 Å². The van der Waals surface area contributed by atoms with Gasteiger partial charge in [0.05, 0.1) is 0 Å². The van der Waals surface area contributed by atoms with Gasteiger partial charge >= 0.3 is 0 Å². The minimum absolute atomic E-state index is 0.0892. The summed E-state index contributed by atoms with van der Waals surface area (Å²) in [5, 5.41) is 1.03.